The van der Waals surface area contributed by atoms with Crippen LogP contribution in [-0.2, 0) is 26.0 Å². The zero-order valence-electron chi connectivity index (χ0n) is 33.9. The molecule has 9 rings (SSSR count). The van der Waals surface area contributed by atoms with Crippen molar-refractivity contribution in [3.8, 4) is 22.6 Å². The average Bonchev–Trinajstić information content (AvgIpc) is 3.46. The van der Waals surface area contributed by atoms with Crippen LogP contribution in [0.5, 0.6) is 11.5 Å². The van der Waals surface area contributed by atoms with E-state index in [4.69, 9.17) is 23.7 Å². The Labute approximate surface area is 334 Å². The fourth-order valence-corrected chi connectivity index (χ4v) is 10.4. The van der Waals surface area contributed by atoms with Crippen molar-refractivity contribution in [1.82, 2.24) is 0 Å². The van der Waals surface area contributed by atoms with Crippen molar-refractivity contribution in [2.24, 2.45) is 17.8 Å². The van der Waals surface area contributed by atoms with Gasteiger partial charge in [-0.1, -0.05) is 43.3 Å². The molecule has 4 aliphatic carbocycles. The molecule has 300 valence electrons. The van der Waals surface area contributed by atoms with Crippen molar-refractivity contribution in [3.05, 3.63) is 99.1 Å². The Bertz CT molecular complexity index is 2200. The van der Waals surface area contributed by atoms with Gasteiger partial charge in [0.1, 0.15) is 12.2 Å². The Morgan fingerprint density at radius 1 is 0.842 bits per heavy atom. The smallest absolute Gasteiger partial charge is 0.456 e. The van der Waals surface area contributed by atoms with Crippen molar-refractivity contribution in [3.63, 3.8) is 0 Å². The fourth-order valence-electron chi connectivity index (χ4n) is 10.4. The molecule has 0 N–H and O–H groups in total. The minimum atomic E-state index is -0.925. The van der Waals surface area contributed by atoms with Crippen LogP contribution in [0.3, 0.4) is 0 Å². The highest BCUT2D eigenvalue weighted by Gasteiger charge is 2.52. The van der Waals surface area contributed by atoms with Crippen molar-refractivity contribution in [2.45, 2.75) is 116 Å². The first-order valence-electron chi connectivity index (χ1n) is 20.4. The van der Waals surface area contributed by atoms with E-state index in [1.54, 1.807) is 26.8 Å². The molecule has 1 aliphatic heterocycles. The van der Waals surface area contributed by atoms with Gasteiger partial charge in [0.15, 0.2) is 11.5 Å². The molecule has 0 amide bonds. The first-order valence-corrected chi connectivity index (χ1v) is 20.4. The van der Waals surface area contributed by atoms with Crippen LogP contribution in [0.25, 0.3) is 21.9 Å². The van der Waals surface area contributed by atoms with Crippen LogP contribution in [0, 0.1) is 27.9 Å². The van der Waals surface area contributed by atoms with Crippen LogP contribution in [-0.4, -0.2) is 41.6 Å². The maximum Gasteiger partial charge on any atom is 0.508 e. The van der Waals surface area contributed by atoms with Gasteiger partial charge in [-0.05, 0) is 153 Å². The van der Waals surface area contributed by atoms with E-state index in [-0.39, 0.29) is 30.3 Å². The van der Waals surface area contributed by atoms with Crippen LogP contribution >= 0.6 is 0 Å². The summed E-state index contributed by atoms with van der Waals surface area (Å²) in [5.41, 5.74) is 5.52. The molecular formula is C47H53NO9. The molecule has 1 heterocycles. The lowest BCUT2D eigenvalue weighted by Crippen LogP contribution is -2.49. The molecule has 10 heteroatoms. The van der Waals surface area contributed by atoms with E-state index in [0.29, 0.717) is 29.0 Å². The van der Waals surface area contributed by atoms with Gasteiger partial charge in [-0.15, -0.1) is 0 Å². The molecule has 57 heavy (non-hydrogen) atoms. The number of hydrogen-bond donors (Lipinski definition) is 0. The van der Waals surface area contributed by atoms with E-state index in [2.05, 4.69) is 36.4 Å². The predicted molar refractivity (Wildman–Crippen MR) is 217 cm³/mol. The van der Waals surface area contributed by atoms with E-state index in [0.717, 1.165) is 40.5 Å². The largest absolute Gasteiger partial charge is 0.508 e. The number of esters is 1. The Balaban J connectivity index is 0.949. The van der Waals surface area contributed by atoms with Crippen LogP contribution in [0.15, 0.2) is 66.7 Å². The molecule has 4 bridgehead atoms. The zero-order chi connectivity index (χ0) is 40.3. The van der Waals surface area contributed by atoms with E-state index >= 15 is 0 Å². The van der Waals surface area contributed by atoms with Gasteiger partial charge in [0.25, 0.3) is 5.69 Å². The number of carbonyl (C=O) groups is 2. The summed E-state index contributed by atoms with van der Waals surface area (Å²) in [6.07, 6.45) is 8.41. The lowest BCUT2D eigenvalue weighted by molar-refractivity contribution is -0.385. The van der Waals surface area contributed by atoms with Crippen molar-refractivity contribution < 1.29 is 38.2 Å². The minimum absolute atomic E-state index is 0.0833. The fraction of sp³-hybridized carbons (Fsp3) is 0.489. The summed E-state index contributed by atoms with van der Waals surface area (Å²) in [6.45, 7) is 11.0. The summed E-state index contributed by atoms with van der Waals surface area (Å²) in [5, 5.41) is 13.9. The highest BCUT2D eigenvalue weighted by molar-refractivity contribution is 5.96. The maximum absolute atomic E-state index is 12.7. The van der Waals surface area contributed by atoms with E-state index in [9.17, 15) is 19.7 Å². The van der Waals surface area contributed by atoms with Crippen LogP contribution in [0.1, 0.15) is 119 Å². The molecule has 10 nitrogen and oxygen atoms in total. The van der Waals surface area contributed by atoms with Gasteiger partial charge in [0.05, 0.1) is 23.2 Å². The lowest BCUT2D eigenvalue weighted by atomic mass is 9.47. The number of rotatable bonds is 11. The number of ether oxygens (including phenoxy) is 5. The molecule has 1 atom stereocenters. The van der Waals surface area contributed by atoms with Gasteiger partial charge in [0, 0.05) is 25.3 Å². The molecular weight excluding hydrogens is 723 g/mol. The standard InChI is InChI=1S/C47H53NO9/c1-28(38-22-41-42(23-40(38)48(51)52)56-46(5,6)55-41)27-54-44(50)53-15-7-8-32-9-10-36(21-39(32)47-24-29-16-30(25-47)18-31(17-29)26-47)34-11-12-35-20-37(14-13-33(35)19-34)43(49)57-45(2,3)4/h9-14,19-23,28-31H,7-8,15-18,24-27H2,1-6H3. The third kappa shape index (κ3) is 8.18. The number of nitro benzene ring substituents is 1. The number of carbonyl (C=O) groups excluding carboxylic acids is 2. The summed E-state index contributed by atoms with van der Waals surface area (Å²) in [5.74, 6) is 1.38. The van der Waals surface area contributed by atoms with Crippen LogP contribution in [0.4, 0.5) is 10.5 Å². The highest BCUT2D eigenvalue weighted by atomic mass is 16.7. The normalized spacial score (nSPS) is 23.3. The predicted octanol–water partition coefficient (Wildman–Crippen LogP) is 11.2. The molecule has 4 aromatic carbocycles. The Morgan fingerprint density at radius 3 is 2.12 bits per heavy atom. The van der Waals surface area contributed by atoms with Crippen molar-refractivity contribution >= 4 is 28.6 Å². The molecule has 0 spiro atoms. The molecule has 4 fully saturated rings. The minimum Gasteiger partial charge on any atom is -0.456 e. The monoisotopic (exact) mass is 775 g/mol. The number of benzene rings is 4. The van der Waals surface area contributed by atoms with Gasteiger partial charge in [-0.2, -0.15) is 0 Å². The number of hydrogen-bond acceptors (Lipinski definition) is 9. The first kappa shape index (κ1) is 38.7. The SMILES string of the molecule is CC(COC(=O)OCCCc1ccc(-c2ccc3cc(C(=O)OC(C)(C)C)ccc3c2)cc1C12CC3CC(CC(C3)C1)C2)c1cc2c(cc1[N+](=O)[O-])OC(C)(C)O2. The van der Waals surface area contributed by atoms with Crippen molar-refractivity contribution in [1.29, 1.82) is 0 Å². The molecule has 0 aromatic heterocycles. The Morgan fingerprint density at radius 2 is 1.46 bits per heavy atom. The molecule has 4 saturated carbocycles. The quantitative estimate of drug-likeness (QED) is 0.0634. The second-order valence-electron chi connectivity index (χ2n) is 18.5. The highest BCUT2D eigenvalue weighted by Crippen LogP contribution is 2.61. The topological polar surface area (TPSA) is 123 Å². The summed E-state index contributed by atoms with van der Waals surface area (Å²) in [6, 6.07) is 22.1. The molecule has 0 radical (unpaired) electrons. The first-order chi connectivity index (χ1) is 27.0. The van der Waals surface area contributed by atoms with Crippen LogP contribution < -0.4 is 9.47 Å². The Hall–Kier alpha value is -5.12. The van der Waals surface area contributed by atoms with E-state index < -0.39 is 28.4 Å². The molecule has 5 aliphatic rings. The van der Waals surface area contributed by atoms with Gasteiger partial charge < -0.3 is 23.7 Å². The summed E-state index contributed by atoms with van der Waals surface area (Å²) in [7, 11) is 0. The summed E-state index contributed by atoms with van der Waals surface area (Å²) >= 11 is 0. The second-order valence-corrected chi connectivity index (χ2v) is 18.5. The lowest BCUT2D eigenvalue weighted by Gasteiger charge is -2.57. The average molecular weight is 776 g/mol. The van der Waals surface area contributed by atoms with Gasteiger partial charge in [-0.3, -0.25) is 10.1 Å². The zero-order valence-corrected chi connectivity index (χ0v) is 33.9. The number of aryl methyl sites for hydroxylation is 1. The number of nitrogens with zero attached hydrogens (tertiary/aromatic N) is 1. The van der Waals surface area contributed by atoms with Crippen molar-refractivity contribution in [2.75, 3.05) is 13.2 Å². The van der Waals surface area contributed by atoms with Gasteiger partial charge in [0.2, 0.25) is 5.79 Å². The molecule has 0 saturated heterocycles. The Kier molecular flexibility index (Phi) is 9.97. The molecule has 1 unspecified atom stereocenters. The third-order valence-electron chi connectivity index (χ3n) is 12.3. The number of nitro groups is 1. The summed E-state index contributed by atoms with van der Waals surface area (Å²) < 4.78 is 28.1. The van der Waals surface area contributed by atoms with E-state index in [1.807, 2.05) is 39.0 Å². The van der Waals surface area contributed by atoms with Gasteiger partial charge >= 0.3 is 12.1 Å². The van der Waals surface area contributed by atoms with E-state index in [1.165, 1.54) is 61.3 Å². The summed E-state index contributed by atoms with van der Waals surface area (Å²) in [4.78, 5) is 36.9. The second kappa shape index (κ2) is 14.7. The maximum atomic E-state index is 12.7. The third-order valence-corrected chi connectivity index (χ3v) is 12.3. The molecule has 4 aromatic rings. The van der Waals surface area contributed by atoms with Gasteiger partial charge in [-0.25, -0.2) is 9.59 Å². The number of fused-ring (bicyclic) bond motifs is 2. The van der Waals surface area contributed by atoms with Crippen LogP contribution in [0.2, 0.25) is 0 Å².